The van der Waals surface area contributed by atoms with Gasteiger partial charge in [-0.15, -0.1) is 0 Å². The van der Waals surface area contributed by atoms with Crippen LogP contribution in [0.5, 0.6) is 11.5 Å². The van der Waals surface area contributed by atoms with Gasteiger partial charge in [0.25, 0.3) is 5.91 Å². The van der Waals surface area contributed by atoms with Crippen LogP contribution >= 0.6 is 0 Å². The van der Waals surface area contributed by atoms with Gasteiger partial charge in [-0.3, -0.25) is 4.79 Å². The summed E-state index contributed by atoms with van der Waals surface area (Å²) in [4.78, 5) is 25.9. The average molecular weight is 354 g/mol. The number of H-pyrrole nitrogens is 1. The number of rotatable bonds is 8. The van der Waals surface area contributed by atoms with Crippen LogP contribution in [0.25, 0.3) is 0 Å². The Bertz CT molecular complexity index is 719. The lowest BCUT2D eigenvalue weighted by molar-refractivity contribution is -0.124. The van der Waals surface area contributed by atoms with Gasteiger partial charge in [0, 0.05) is 12.7 Å². The number of nitrogens with one attached hydrogen (secondary N) is 2. The fraction of sp³-hybridized carbons (Fsp3) is 0.250. The summed E-state index contributed by atoms with van der Waals surface area (Å²) in [6.07, 6.45) is 1.56. The molecule has 0 bridgehead atoms. The number of halogens is 2. The van der Waals surface area contributed by atoms with Gasteiger partial charge in [-0.2, -0.15) is 8.78 Å². The molecule has 0 spiro atoms. The Kier molecular flexibility index (Phi) is 6.33. The number of hydrogen-bond donors (Lipinski definition) is 2. The molecule has 0 aliphatic heterocycles. The van der Waals surface area contributed by atoms with E-state index in [0.29, 0.717) is 5.56 Å². The van der Waals surface area contributed by atoms with Crippen molar-refractivity contribution in [3.05, 3.63) is 47.8 Å². The highest BCUT2D eigenvalue weighted by Crippen LogP contribution is 2.29. The van der Waals surface area contributed by atoms with Gasteiger partial charge in [-0.1, -0.05) is 6.07 Å². The standard InChI is InChI=1S/C16H16F2N2O5/c1-23-13-7-10(4-5-12(13)25-16(17)18)8-20-14(21)9-24-15(22)11-3-2-6-19-11/h2-7,16,19H,8-9H2,1H3,(H,20,21). The van der Waals surface area contributed by atoms with Crippen LogP contribution in [0, 0.1) is 0 Å². The minimum absolute atomic E-state index is 0.101. The van der Waals surface area contributed by atoms with E-state index in [4.69, 9.17) is 9.47 Å². The van der Waals surface area contributed by atoms with Crippen molar-refractivity contribution in [1.29, 1.82) is 0 Å². The SMILES string of the molecule is COc1cc(CNC(=O)COC(=O)c2ccc[nH]2)ccc1OC(F)F. The zero-order valence-electron chi connectivity index (χ0n) is 13.3. The second-order valence-corrected chi connectivity index (χ2v) is 4.80. The fourth-order valence-corrected chi connectivity index (χ4v) is 1.93. The summed E-state index contributed by atoms with van der Waals surface area (Å²) in [5.74, 6) is -1.14. The van der Waals surface area contributed by atoms with E-state index in [1.165, 1.54) is 31.4 Å². The predicted molar refractivity (Wildman–Crippen MR) is 82.5 cm³/mol. The predicted octanol–water partition coefficient (Wildman–Crippen LogP) is 2.10. The van der Waals surface area contributed by atoms with Crippen LogP contribution in [0.1, 0.15) is 16.1 Å². The lowest BCUT2D eigenvalue weighted by atomic mass is 10.2. The summed E-state index contributed by atoms with van der Waals surface area (Å²) in [6.45, 7) is -3.31. The monoisotopic (exact) mass is 354 g/mol. The Morgan fingerprint density at radius 2 is 2.04 bits per heavy atom. The molecule has 9 heteroatoms. The number of methoxy groups -OCH3 is 1. The summed E-state index contributed by atoms with van der Waals surface area (Å²) in [5.41, 5.74) is 0.842. The Hall–Kier alpha value is -3.10. The molecule has 0 atom stereocenters. The molecular weight excluding hydrogens is 338 g/mol. The average Bonchev–Trinajstić information content (AvgIpc) is 3.13. The van der Waals surface area contributed by atoms with Crippen LogP contribution in [0.2, 0.25) is 0 Å². The normalized spacial score (nSPS) is 10.4. The molecule has 1 aromatic heterocycles. The molecule has 1 aromatic carbocycles. The number of hydrogen-bond acceptors (Lipinski definition) is 5. The van der Waals surface area contributed by atoms with Crippen LogP contribution in [-0.4, -0.2) is 37.2 Å². The van der Waals surface area contributed by atoms with E-state index in [1.807, 2.05) is 0 Å². The number of ether oxygens (including phenoxy) is 3. The van der Waals surface area contributed by atoms with Crippen LogP contribution < -0.4 is 14.8 Å². The third-order valence-corrected chi connectivity index (χ3v) is 3.09. The van der Waals surface area contributed by atoms with Gasteiger partial charge in [0.15, 0.2) is 18.1 Å². The molecule has 2 aromatic rings. The summed E-state index contributed by atoms with van der Waals surface area (Å²) in [6, 6.07) is 7.44. The molecule has 2 rings (SSSR count). The number of alkyl halides is 2. The van der Waals surface area contributed by atoms with Crippen molar-refractivity contribution in [2.75, 3.05) is 13.7 Å². The minimum Gasteiger partial charge on any atom is -0.493 e. The number of benzene rings is 1. The van der Waals surface area contributed by atoms with Crippen molar-refractivity contribution in [3.63, 3.8) is 0 Å². The molecule has 0 radical (unpaired) electrons. The van der Waals surface area contributed by atoms with Gasteiger partial charge >= 0.3 is 12.6 Å². The van der Waals surface area contributed by atoms with Gasteiger partial charge < -0.3 is 24.5 Å². The first kappa shape index (κ1) is 18.2. The van der Waals surface area contributed by atoms with E-state index in [9.17, 15) is 18.4 Å². The van der Waals surface area contributed by atoms with E-state index in [1.54, 1.807) is 12.3 Å². The second kappa shape index (κ2) is 8.67. The maximum Gasteiger partial charge on any atom is 0.387 e. The van der Waals surface area contributed by atoms with E-state index in [2.05, 4.69) is 15.0 Å². The van der Waals surface area contributed by atoms with Crippen molar-refractivity contribution in [2.45, 2.75) is 13.2 Å². The first-order valence-corrected chi connectivity index (χ1v) is 7.18. The Morgan fingerprint density at radius 3 is 2.68 bits per heavy atom. The second-order valence-electron chi connectivity index (χ2n) is 4.80. The van der Waals surface area contributed by atoms with Gasteiger partial charge in [0.2, 0.25) is 0 Å². The molecule has 2 N–H and O–H groups in total. The summed E-state index contributed by atoms with van der Waals surface area (Å²) in [5, 5.41) is 2.54. The van der Waals surface area contributed by atoms with Crippen LogP contribution in [0.15, 0.2) is 36.5 Å². The Labute approximate surface area is 141 Å². The highest BCUT2D eigenvalue weighted by Gasteiger charge is 2.13. The third-order valence-electron chi connectivity index (χ3n) is 3.09. The van der Waals surface area contributed by atoms with Gasteiger partial charge in [-0.05, 0) is 29.8 Å². The summed E-state index contributed by atoms with van der Waals surface area (Å²) < 4.78 is 38.6. The van der Waals surface area contributed by atoms with E-state index in [-0.39, 0.29) is 23.7 Å². The highest BCUT2D eigenvalue weighted by molar-refractivity contribution is 5.89. The lowest BCUT2D eigenvalue weighted by Gasteiger charge is -2.12. The van der Waals surface area contributed by atoms with Crippen molar-refractivity contribution in [1.82, 2.24) is 10.3 Å². The smallest absolute Gasteiger partial charge is 0.387 e. The number of amides is 1. The van der Waals surface area contributed by atoms with Gasteiger partial charge in [0.05, 0.1) is 7.11 Å². The highest BCUT2D eigenvalue weighted by atomic mass is 19.3. The molecule has 0 saturated carbocycles. The first-order chi connectivity index (χ1) is 12.0. The molecule has 1 heterocycles. The number of esters is 1. The number of aromatic amines is 1. The molecule has 0 saturated heterocycles. The fourth-order valence-electron chi connectivity index (χ4n) is 1.93. The molecule has 0 unspecified atom stereocenters. The molecule has 0 aliphatic rings. The largest absolute Gasteiger partial charge is 0.493 e. The molecule has 25 heavy (non-hydrogen) atoms. The summed E-state index contributed by atoms with van der Waals surface area (Å²) >= 11 is 0. The summed E-state index contributed by atoms with van der Waals surface area (Å²) in [7, 11) is 1.32. The zero-order valence-corrected chi connectivity index (χ0v) is 13.3. The topological polar surface area (TPSA) is 89.6 Å². The van der Waals surface area contributed by atoms with Crippen molar-refractivity contribution in [2.24, 2.45) is 0 Å². The third kappa shape index (κ3) is 5.48. The van der Waals surface area contributed by atoms with E-state index < -0.39 is 25.1 Å². The van der Waals surface area contributed by atoms with E-state index in [0.717, 1.165) is 0 Å². The lowest BCUT2D eigenvalue weighted by Crippen LogP contribution is -2.28. The Morgan fingerprint density at radius 1 is 1.24 bits per heavy atom. The van der Waals surface area contributed by atoms with Crippen LogP contribution in [0.4, 0.5) is 8.78 Å². The molecule has 7 nitrogen and oxygen atoms in total. The molecule has 0 aliphatic carbocycles. The van der Waals surface area contributed by atoms with Crippen molar-refractivity contribution in [3.8, 4) is 11.5 Å². The van der Waals surface area contributed by atoms with Crippen LogP contribution in [0.3, 0.4) is 0 Å². The molecule has 0 fully saturated rings. The first-order valence-electron chi connectivity index (χ1n) is 7.18. The molecule has 1 amide bonds. The molecular formula is C16H16F2N2O5. The maximum atomic E-state index is 12.3. The number of carbonyl (C=O) groups excluding carboxylic acids is 2. The minimum atomic E-state index is -2.96. The Balaban J connectivity index is 1.83. The van der Waals surface area contributed by atoms with Crippen LogP contribution in [-0.2, 0) is 16.1 Å². The number of aromatic nitrogens is 1. The molecule has 134 valence electrons. The zero-order chi connectivity index (χ0) is 18.2. The van der Waals surface area contributed by atoms with E-state index >= 15 is 0 Å². The van der Waals surface area contributed by atoms with Crippen molar-refractivity contribution < 1.29 is 32.6 Å². The maximum absolute atomic E-state index is 12.3. The number of carbonyl (C=O) groups is 2. The van der Waals surface area contributed by atoms with Crippen molar-refractivity contribution >= 4 is 11.9 Å². The quantitative estimate of drug-likeness (QED) is 0.709. The van der Waals surface area contributed by atoms with Gasteiger partial charge in [0.1, 0.15) is 5.69 Å². The van der Waals surface area contributed by atoms with Gasteiger partial charge in [-0.25, -0.2) is 4.79 Å².